The molecule has 0 aliphatic heterocycles. The van der Waals surface area contributed by atoms with E-state index in [2.05, 4.69) is 30.5 Å². The van der Waals surface area contributed by atoms with Crippen molar-refractivity contribution in [2.45, 2.75) is 25.8 Å². The van der Waals surface area contributed by atoms with Gasteiger partial charge in [0.15, 0.2) is 0 Å². The fourth-order valence-corrected chi connectivity index (χ4v) is 1.75. The van der Waals surface area contributed by atoms with Gasteiger partial charge in [0.2, 0.25) is 23.7 Å². The minimum Gasteiger partial charge on any atom is -0.477 e. The highest BCUT2D eigenvalue weighted by Gasteiger charge is 2.23. The van der Waals surface area contributed by atoms with E-state index < -0.39 is 0 Å². The quantitative estimate of drug-likeness (QED) is 0.814. The van der Waals surface area contributed by atoms with E-state index in [-0.39, 0.29) is 6.01 Å². The van der Waals surface area contributed by atoms with Gasteiger partial charge in [-0.25, -0.2) is 0 Å². The molecule has 1 aliphatic carbocycles. The topological polar surface area (TPSA) is 98.2 Å². The molecule has 3 rings (SSSR count). The summed E-state index contributed by atoms with van der Waals surface area (Å²) in [7, 11) is 3.72. The van der Waals surface area contributed by atoms with Crippen LogP contribution in [0.15, 0.2) is 12.1 Å². The first-order chi connectivity index (χ1) is 11.1. The molecule has 0 aromatic carbocycles. The van der Waals surface area contributed by atoms with E-state index in [1.807, 2.05) is 21.0 Å². The van der Waals surface area contributed by atoms with Crippen LogP contribution in [0, 0.1) is 0 Å². The number of rotatable bonds is 7. The fourth-order valence-electron chi connectivity index (χ4n) is 1.75. The zero-order valence-electron chi connectivity index (χ0n) is 13.4. The first-order valence-corrected chi connectivity index (χ1v) is 7.48. The minimum absolute atomic E-state index is 0.172. The molecule has 0 unspecified atom stereocenters. The average molecular weight is 317 g/mol. The Labute approximate surface area is 134 Å². The Morgan fingerprint density at radius 2 is 1.87 bits per heavy atom. The molecule has 2 heterocycles. The summed E-state index contributed by atoms with van der Waals surface area (Å²) in [6, 6.07) is 3.95. The molecule has 23 heavy (non-hydrogen) atoms. The Bertz CT molecular complexity index is 659. The summed E-state index contributed by atoms with van der Waals surface area (Å²) in [5.41, 5.74) is 0. The van der Waals surface area contributed by atoms with Gasteiger partial charge in [0, 0.05) is 32.3 Å². The summed E-state index contributed by atoms with van der Waals surface area (Å²) >= 11 is 0. The Balaban J connectivity index is 1.78. The Morgan fingerprint density at radius 3 is 2.48 bits per heavy atom. The van der Waals surface area contributed by atoms with Gasteiger partial charge in [-0.05, 0) is 19.8 Å². The number of aromatic nitrogens is 5. The summed E-state index contributed by atoms with van der Waals surface area (Å²) < 4.78 is 10.8. The van der Waals surface area contributed by atoms with Gasteiger partial charge in [0.05, 0.1) is 6.61 Å². The third-order valence-corrected chi connectivity index (χ3v) is 3.02. The average Bonchev–Trinajstić information content (AvgIpc) is 3.33. The zero-order chi connectivity index (χ0) is 16.2. The maximum Gasteiger partial charge on any atom is 0.330 e. The molecule has 0 bridgehead atoms. The number of nitrogens with zero attached hydrogens (tertiary/aromatic N) is 6. The van der Waals surface area contributed by atoms with Crippen LogP contribution in [0.25, 0.3) is 0 Å². The first kappa shape index (κ1) is 15.2. The van der Waals surface area contributed by atoms with Crippen molar-refractivity contribution in [2.24, 2.45) is 0 Å². The summed E-state index contributed by atoms with van der Waals surface area (Å²) in [6.07, 6.45) is 2.26. The van der Waals surface area contributed by atoms with E-state index in [4.69, 9.17) is 9.47 Å². The third-order valence-electron chi connectivity index (χ3n) is 3.02. The predicted molar refractivity (Wildman–Crippen MR) is 84.1 cm³/mol. The normalized spacial score (nSPS) is 13.5. The van der Waals surface area contributed by atoms with Gasteiger partial charge in [-0.15, -0.1) is 10.2 Å². The van der Waals surface area contributed by atoms with Crippen LogP contribution in [0.2, 0.25) is 0 Å². The van der Waals surface area contributed by atoms with Crippen molar-refractivity contribution < 1.29 is 9.47 Å². The molecule has 0 atom stereocenters. The van der Waals surface area contributed by atoms with E-state index in [1.54, 1.807) is 17.0 Å². The molecule has 0 saturated heterocycles. The molecule has 0 spiro atoms. The van der Waals surface area contributed by atoms with Crippen LogP contribution in [-0.4, -0.2) is 51.9 Å². The van der Waals surface area contributed by atoms with Gasteiger partial charge in [-0.2, -0.15) is 15.0 Å². The van der Waals surface area contributed by atoms with Crippen molar-refractivity contribution in [1.29, 1.82) is 0 Å². The van der Waals surface area contributed by atoms with Crippen LogP contribution in [0.5, 0.6) is 17.8 Å². The highest BCUT2D eigenvalue weighted by Crippen LogP contribution is 2.25. The van der Waals surface area contributed by atoms with Crippen molar-refractivity contribution in [1.82, 2.24) is 25.1 Å². The lowest BCUT2D eigenvalue weighted by molar-refractivity contribution is 0.318. The van der Waals surface area contributed by atoms with Crippen LogP contribution in [-0.2, 0) is 0 Å². The molecule has 1 N–H and O–H groups in total. The number of anilines is 2. The lowest BCUT2D eigenvalue weighted by Crippen LogP contribution is -2.16. The van der Waals surface area contributed by atoms with Gasteiger partial charge >= 0.3 is 6.01 Å². The van der Waals surface area contributed by atoms with Gasteiger partial charge in [-0.1, -0.05) is 0 Å². The van der Waals surface area contributed by atoms with Crippen molar-refractivity contribution in [3.8, 4) is 17.8 Å². The first-order valence-electron chi connectivity index (χ1n) is 7.48. The largest absolute Gasteiger partial charge is 0.477 e. The number of nitrogens with one attached hydrogen (secondary N) is 1. The van der Waals surface area contributed by atoms with E-state index in [1.165, 1.54) is 0 Å². The maximum atomic E-state index is 5.59. The highest BCUT2D eigenvalue weighted by molar-refractivity contribution is 5.39. The number of hydrogen-bond acceptors (Lipinski definition) is 9. The van der Waals surface area contributed by atoms with Crippen LogP contribution in [0.1, 0.15) is 19.8 Å². The molecule has 2 aromatic heterocycles. The monoisotopic (exact) mass is 317 g/mol. The second-order valence-electron chi connectivity index (χ2n) is 5.30. The minimum atomic E-state index is 0.172. The standard InChI is InChI=1S/C14H19N7O2/c1-4-22-10-7-8-11(20-19-10)23-14-17-12(15-9-5-6-9)16-13(18-14)21(2)3/h7-9H,4-6H2,1-3H3,(H,15,16,17,18). The van der Waals surface area contributed by atoms with Gasteiger partial charge < -0.3 is 19.7 Å². The molecule has 0 amide bonds. The molecule has 1 aliphatic rings. The summed E-state index contributed by atoms with van der Waals surface area (Å²) in [4.78, 5) is 14.7. The molecule has 0 radical (unpaired) electrons. The van der Waals surface area contributed by atoms with Gasteiger partial charge in [0.25, 0.3) is 0 Å². The number of ether oxygens (including phenoxy) is 2. The molecule has 1 fully saturated rings. The Hall–Kier alpha value is -2.71. The van der Waals surface area contributed by atoms with Crippen LogP contribution in [0.3, 0.4) is 0 Å². The Kier molecular flexibility index (Phi) is 4.35. The summed E-state index contributed by atoms with van der Waals surface area (Å²) in [5, 5.41) is 11.1. The predicted octanol–water partition coefficient (Wildman–Crippen LogP) is 1.49. The molecule has 9 heteroatoms. The van der Waals surface area contributed by atoms with Gasteiger partial charge in [-0.3, -0.25) is 0 Å². The van der Waals surface area contributed by atoms with Gasteiger partial charge in [0.1, 0.15) is 0 Å². The molecular formula is C14H19N7O2. The van der Waals surface area contributed by atoms with E-state index in [0.29, 0.717) is 36.3 Å². The van der Waals surface area contributed by atoms with Crippen LogP contribution in [0.4, 0.5) is 11.9 Å². The highest BCUT2D eigenvalue weighted by atomic mass is 16.5. The molecule has 122 valence electrons. The number of hydrogen-bond donors (Lipinski definition) is 1. The third kappa shape index (κ3) is 4.15. The fraction of sp³-hybridized carbons (Fsp3) is 0.500. The molecule has 1 saturated carbocycles. The maximum absolute atomic E-state index is 5.59. The van der Waals surface area contributed by atoms with Crippen LogP contribution < -0.4 is 19.7 Å². The molecular weight excluding hydrogens is 298 g/mol. The van der Waals surface area contributed by atoms with Crippen LogP contribution >= 0.6 is 0 Å². The zero-order valence-corrected chi connectivity index (χ0v) is 13.4. The molecule has 2 aromatic rings. The second kappa shape index (κ2) is 6.59. The van der Waals surface area contributed by atoms with E-state index in [9.17, 15) is 0 Å². The second-order valence-corrected chi connectivity index (χ2v) is 5.30. The van der Waals surface area contributed by atoms with Crippen molar-refractivity contribution in [3.63, 3.8) is 0 Å². The lowest BCUT2D eigenvalue weighted by atomic mass is 10.5. The van der Waals surface area contributed by atoms with E-state index in [0.717, 1.165) is 12.8 Å². The smallest absolute Gasteiger partial charge is 0.330 e. The van der Waals surface area contributed by atoms with Crippen molar-refractivity contribution in [3.05, 3.63) is 12.1 Å². The Morgan fingerprint density at radius 1 is 1.13 bits per heavy atom. The van der Waals surface area contributed by atoms with E-state index >= 15 is 0 Å². The SMILES string of the molecule is CCOc1ccc(Oc2nc(NC3CC3)nc(N(C)C)n2)nn1. The molecule has 9 nitrogen and oxygen atoms in total. The summed E-state index contributed by atoms with van der Waals surface area (Å²) in [5.74, 6) is 1.75. The summed E-state index contributed by atoms with van der Waals surface area (Å²) in [6.45, 7) is 2.42. The lowest BCUT2D eigenvalue weighted by Gasteiger charge is -2.13. The van der Waals surface area contributed by atoms with Crippen molar-refractivity contribution in [2.75, 3.05) is 30.9 Å². The van der Waals surface area contributed by atoms with Crippen molar-refractivity contribution >= 4 is 11.9 Å².